The topological polar surface area (TPSA) is 0 Å². The van der Waals surface area contributed by atoms with Gasteiger partial charge in [-0.25, -0.2) is 0 Å². The maximum Gasteiger partial charge on any atom is 0.00329 e. The lowest BCUT2D eigenvalue weighted by molar-refractivity contribution is 0.461. The largest absolute Gasteiger partial charge is 0.0880 e. The summed E-state index contributed by atoms with van der Waals surface area (Å²) >= 11 is 0. The molecule has 0 aliphatic rings. The molecule has 0 heteroatoms. The van der Waals surface area contributed by atoms with Crippen molar-refractivity contribution in [1.29, 1.82) is 0 Å². The van der Waals surface area contributed by atoms with E-state index >= 15 is 0 Å². The fourth-order valence-corrected chi connectivity index (χ4v) is 2.46. The molecule has 0 rings (SSSR count). The first-order valence-corrected chi connectivity index (χ1v) is 9.55. The predicted molar refractivity (Wildman–Crippen MR) is 108 cm³/mol. The Bertz CT molecular complexity index is 406. The number of allylic oxidation sites excluding steroid dienone is 8. The van der Waals surface area contributed by atoms with Crippen molar-refractivity contribution in [2.24, 2.45) is 17.3 Å². The Balaban J connectivity index is 4.61. The third-order valence-corrected chi connectivity index (χ3v) is 4.56. The third kappa shape index (κ3) is 11.2. The van der Waals surface area contributed by atoms with E-state index in [1.54, 1.807) is 0 Å². The van der Waals surface area contributed by atoms with Crippen molar-refractivity contribution in [2.45, 2.75) is 80.6 Å². The summed E-state index contributed by atoms with van der Waals surface area (Å²) in [5.74, 6) is 1.35. The van der Waals surface area contributed by atoms with E-state index in [4.69, 9.17) is 0 Å². The van der Waals surface area contributed by atoms with Gasteiger partial charge in [0, 0.05) is 5.41 Å². The first kappa shape index (κ1) is 22.0. The van der Waals surface area contributed by atoms with Crippen LogP contribution in [-0.4, -0.2) is 0 Å². The highest BCUT2D eigenvalue weighted by molar-refractivity contribution is 5.15. The van der Waals surface area contributed by atoms with Gasteiger partial charge in [0.1, 0.15) is 0 Å². The van der Waals surface area contributed by atoms with Gasteiger partial charge in [0.05, 0.1) is 0 Å². The normalized spacial score (nSPS) is 17.7. The van der Waals surface area contributed by atoms with Gasteiger partial charge in [0.15, 0.2) is 0 Å². The van der Waals surface area contributed by atoms with Gasteiger partial charge in [0.2, 0.25) is 0 Å². The first-order valence-electron chi connectivity index (χ1n) is 9.55. The lowest BCUT2D eigenvalue weighted by Crippen LogP contribution is -2.11. The molecule has 2 unspecified atom stereocenters. The molecule has 0 aliphatic heterocycles. The zero-order valence-electron chi connectivity index (χ0n) is 16.7. The molecule has 2 atom stereocenters. The second-order valence-corrected chi connectivity index (χ2v) is 7.43. The number of hydrogen-bond acceptors (Lipinski definition) is 0. The molecule has 0 aromatic heterocycles. The molecule has 132 valence electrons. The van der Waals surface area contributed by atoms with E-state index in [0.717, 1.165) is 19.3 Å². The van der Waals surface area contributed by atoms with Crippen molar-refractivity contribution in [1.82, 2.24) is 0 Å². The molecule has 0 aliphatic carbocycles. The molecule has 0 nitrogen and oxygen atoms in total. The van der Waals surface area contributed by atoms with Crippen molar-refractivity contribution in [3.05, 3.63) is 48.1 Å². The second kappa shape index (κ2) is 12.4. The Hall–Kier alpha value is -1.04. The lowest BCUT2D eigenvalue weighted by Gasteiger charge is -2.23. The van der Waals surface area contributed by atoms with E-state index in [9.17, 15) is 0 Å². The quantitative estimate of drug-likeness (QED) is 0.206. The van der Waals surface area contributed by atoms with E-state index in [2.05, 4.69) is 91.0 Å². The number of rotatable bonds is 11. The lowest BCUT2D eigenvalue weighted by atomic mass is 9.82. The molecule has 0 aromatic rings. The van der Waals surface area contributed by atoms with E-state index in [-0.39, 0.29) is 5.41 Å². The van der Waals surface area contributed by atoms with Crippen LogP contribution in [0.5, 0.6) is 0 Å². The minimum absolute atomic E-state index is 0.196. The van der Waals surface area contributed by atoms with Crippen LogP contribution in [-0.2, 0) is 0 Å². The van der Waals surface area contributed by atoms with Gasteiger partial charge in [-0.3, -0.25) is 0 Å². The Morgan fingerprint density at radius 1 is 1.00 bits per heavy atom. The van der Waals surface area contributed by atoms with Gasteiger partial charge in [-0.1, -0.05) is 89.6 Å². The molecule has 0 saturated heterocycles. The van der Waals surface area contributed by atoms with Crippen LogP contribution in [0.2, 0.25) is 0 Å². The van der Waals surface area contributed by atoms with Crippen LogP contribution in [0, 0.1) is 17.3 Å². The van der Waals surface area contributed by atoms with E-state index < -0.39 is 0 Å². The van der Waals surface area contributed by atoms with Gasteiger partial charge < -0.3 is 0 Å². The molecule has 0 bridgehead atoms. The summed E-state index contributed by atoms with van der Waals surface area (Å²) in [5.41, 5.74) is 1.58. The summed E-state index contributed by atoms with van der Waals surface area (Å²) in [4.78, 5) is 0. The highest BCUT2D eigenvalue weighted by atomic mass is 14.2. The number of unbranched alkanes of at least 4 members (excludes halogenated alkanes) is 1. The molecule has 0 saturated carbocycles. The van der Waals surface area contributed by atoms with Gasteiger partial charge in [-0.05, 0) is 50.9 Å². The van der Waals surface area contributed by atoms with Gasteiger partial charge >= 0.3 is 0 Å². The summed E-state index contributed by atoms with van der Waals surface area (Å²) in [6.45, 7) is 15.9. The van der Waals surface area contributed by atoms with Gasteiger partial charge in [-0.2, -0.15) is 0 Å². The molecular formula is C23H40. The minimum atomic E-state index is 0.196. The van der Waals surface area contributed by atoms with Crippen molar-refractivity contribution >= 4 is 0 Å². The maximum absolute atomic E-state index is 2.44. The van der Waals surface area contributed by atoms with Gasteiger partial charge in [-0.15, -0.1) is 0 Å². The summed E-state index contributed by atoms with van der Waals surface area (Å²) in [6.07, 6.45) is 22.3. The Labute approximate surface area is 146 Å². The highest BCUT2D eigenvalue weighted by Crippen LogP contribution is 2.29. The first-order chi connectivity index (χ1) is 10.8. The van der Waals surface area contributed by atoms with Crippen LogP contribution in [0.25, 0.3) is 0 Å². The summed E-state index contributed by atoms with van der Waals surface area (Å²) in [5, 5.41) is 0. The zero-order valence-corrected chi connectivity index (χ0v) is 16.7. The summed E-state index contributed by atoms with van der Waals surface area (Å²) < 4.78 is 0. The van der Waals surface area contributed by atoms with Crippen molar-refractivity contribution in [3.8, 4) is 0 Å². The molecule has 0 spiro atoms. The fourth-order valence-electron chi connectivity index (χ4n) is 2.46. The monoisotopic (exact) mass is 316 g/mol. The third-order valence-electron chi connectivity index (χ3n) is 4.56. The van der Waals surface area contributed by atoms with Crippen molar-refractivity contribution < 1.29 is 0 Å². The fraction of sp³-hybridized carbons (Fsp3) is 0.652. The van der Waals surface area contributed by atoms with Crippen molar-refractivity contribution in [2.75, 3.05) is 0 Å². The molecule has 0 fully saturated rings. The summed E-state index contributed by atoms with van der Waals surface area (Å²) in [6, 6.07) is 0. The second-order valence-electron chi connectivity index (χ2n) is 7.43. The SMILES string of the molecule is CCC=CC(C)(C=CC(C)C(C)C)CCCC=CC(C)=CCC. The standard InChI is InChI=1S/C23H40/c1-8-10-17-23(7,19-16-22(6)20(3)4)18-13-11-12-15-21(5)14-9-2/h10,12,14-17,19-20,22H,8-9,11,13,18H2,1-7H3. The zero-order chi connectivity index (χ0) is 17.7. The molecule has 0 aromatic carbocycles. The number of hydrogen-bond donors (Lipinski definition) is 0. The van der Waals surface area contributed by atoms with Crippen molar-refractivity contribution in [3.63, 3.8) is 0 Å². The molecule has 0 heterocycles. The van der Waals surface area contributed by atoms with Crippen LogP contribution < -0.4 is 0 Å². The average molecular weight is 317 g/mol. The van der Waals surface area contributed by atoms with Crippen LogP contribution >= 0.6 is 0 Å². The van der Waals surface area contributed by atoms with Crippen LogP contribution in [0.15, 0.2) is 48.1 Å². The van der Waals surface area contributed by atoms with Crippen LogP contribution in [0.3, 0.4) is 0 Å². The molecule has 23 heavy (non-hydrogen) atoms. The van der Waals surface area contributed by atoms with Crippen LogP contribution in [0.1, 0.15) is 80.6 Å². The van der Waals surface area contributed by atoms with E-state index in [1.165, 1.54) is 18.4 Å². The molecule has 0 radical (unpaired) electrons. The Morgan fingerprint density at radius 3 is 2.26 bits per heavy atom. The average Bonchev–Trinajstić information content (AvgIpc) is 2.50. The molecule has 0 N–H and O–H groups in total. The maximum atomic E-state index is 2.44. The minimum Gasteiger partial charge on any atom is -0.0880 e. The van der Waals surface area contributed by atoms with Gasteiger partial charge in [0.25, 0.3) is 0 Å². The van der Waals surface area contributed by atoms with E-state index in [0.29, 0.717) is 11.8 Å². The predicted octanol–water partition coefficient (Wildman–Crippen LogP) is 7.89. The summed E-state index contributed by atoms with van der Waals surface area (Å²) in [7, 11) is 0. The highest BCUT2D eigenvalue weighted by Gasteiger charge is 2.17. The molecular weight excluding hydrogens is 276 g/mol. The van der Waals surface area contributed by atoms with Crippen LogP contribution in [0.4, 0.5) is 0 Å². The smallest absolute Gasteiger partial charge is 0.00329 e. The van der Waals surface area contributed by atoms with E-state index in [1.807, 2.05) is 0 Å². The molecule has 0 amide bonds. The Morgan fingerprint density at radius 2 is 1.70 bits per heavy atom. The Kier molecular flexibility index (Phi) is 11.8.